The number of hydrogen-bond acceptors (Lipinski definition) is 3. The molecule has 0 atom stereocenters. The van der Waals surface area contributed by atoms with E-state index in [-0.39, 0.29) is 17.8 Å². The van der Waals surface area contributed by atoms with Crippen LogP contribution in [-0.4, -0.2) is 23.4 Å². The second-order valence-electron chi connectivity index (χ2n) is 4.76. The maximum absolute atomic E-state index is 13.7. The number of fused-ring (bicyclic) bond motifs is 1. The van der Waals surface area contributed by atoms with Crippen molar-refractivity contribution in [3.8, 4) is 6.07 Å². The molecule has 0 N–H and O–H groups in total. The minimum atomic E-state index is -0.314. The van der Waals surface area contributed by atoms with Crippen molar-refractivity contribution in [3.05, 3.63) is 35.0 Å². The average Bonchev–Trinajstić information content (AvgIpc) is 2.84. The van der Waals surface area contributed by atoms with Crippen molar-refractivity contribution in [2.75, 3.05) is 6.54 Å². The van der Waals surface area contributed by atoms with Gasteiger partial charge in [-0.2, -0.15) is 5.26 Å². The monoisotopic (exact) mass is 290 g/mol. The molecule has 0 radical (unpaired) electrons. The van der Waals surface area contributed by atoms with Crippen LogP contribution >= 0.6 is 11.3 Å². The Kier molecular flexibility index (Phi) is 4.35. The molecule has 0 aliphatic rings. The van der Waals surface area contributed by atoms with Crippen LogP contribution in [-0.2, 0) is 0 Å². The van der Waals surface area contributed by atoms with Gasteiger partial charge in [0.05, 0.1) is 17.4 Å². The van der Waals surface area contributed by atoms with Gasteiger partial charge >= 0.3 is 0 Å². The highest BCUT2D eigenvalue weighted by atomic mass is 32.1. The number of hydrogen-bond donors (Lipinski definition) is 0. The molecule has 2 rings (SSSR count). The van der Waals surface area contributed by atoms with Crippen LogP contribution in [0.5, 0.6) is 0 Å². The van der Waals surface area contributed by atoms with Crippen LogP contribution in [0.1, 0.15) is 29.9 Å². The molecule has 1 aromatic heterocycles. The average molecular weight is 290 g/mol. The van der Waals surface area contributed by atoms with Gasteiger partial charge in [-0.3, -0.25) is 4.79 Å². The standard InChI is InChI=1S/C15H15FN2OS/c1-10(2)18(8-4-7-17)15(19)14-9-11-12(16)5-3-6-13(11)20-14/h3,5-6,9-10H,4,8H2,1-2H3. The molecule has 0 bridgehead atoms. The predicted octanol–water partition coefficient (Wildman–Crippen LogP) is 3.80. The van der Waals surface area contributed by atoms with Gasteiger partial charge in [0.15, 0.2) is 0 Å². The molecule has 0 aliphatic carbocycles. The van der Waals surface area contributed by atoms with Gasteiger partial charge in [-0.05, 0) is 32.0 Å². The van der Waals surface area contributed by atoms with Crippen molar-refractivity contribution in [2.24, 2.45) is 0 Å². The van der Waals surface area contributed by atoms with Crippen LogP contribution in [0.4, 0.5) is 4.39 Å². The highest BCUT2D eigenvalue weighted by Gasteiger charge is 2.21. The zero-order valence-corrected chi connectivity index (χ0v) is 12.2. The van der Waals surface area contributed by atoms with Gasteiger partial charge in [-0.25, -0.2) is 4.39 Å². The molecule has 1 aromatic carbocycles. The van der Waals surface area contributed by atoms with Crippen molar-refractivity contribution in [1.29, 1.82) is 5.26 Å². The molecule has 5 heteroatoms. The molecule has 0 saturated carbocycles. The Morgan fingerprint density at radius 3 is 2.85 bits per heavy atom. The summed E-state index contributed by atoms with van der Waals surface area (Å²) in [5.74, 6) is -0.457. The maximum Gasteiger partial charge on any atom is 0.264 e. The number of rotatable bonds is 4. The first-order chi connectivity index (χ1) is 9.54. The summed E-state index contributed by atoms with van der Waals surface area (Å²) in [6, 6.07) is 8.47. The molecule has 0 saturated heterocycles. The maximum atomic E-state index is 13.7. The summed E-state index contributed by atoms with van der Waals surface area (Å²) in [5, 5.41) is 9.14. The molecule has 0 fully saturated rings. The van der Waals surface area contributed by atoms with Crippen LogP contribution < -0.4 is 0 Å². The Morgan fingerprint density at radius 2 is 2.25 bits per heavy atom. The summed E-state index contributed by atoms with van der Waals surface area (Å²) in [6.07, 6.45) is 0.295. The van der Waals surface area contributed by atoms with E-state index in [1.807, 2.05) is 19.9 Å². The van der Waals surface area contributed by atoms with Crippen LogP contribution in [0.2, 0.25) is 0 Å². The van der Waals surface area contributed by atoms with E-state index in [2.05, 4.69) is 0 Å². The Labute approximate surface area is 121 Å². The van der Waals surface area contributed by atoms with Gasteiger partial charge in [0.2, 0.25) is 0 Å². The minimum absolute atomic E-state index is 0.00547. The normalized spacial score (nSPS) is 10.8. The van der Waals surface area contributed by atoms with Gasteiger partial charge in [0.25, 0.3) is 5.91 Å². The summed E-state index contributed by atoms with van der Waals surface area (Å²) < 4.78 is 14.4. The third-order valence-corrected chi connectivity index (χ3v) is 4.16. The first kappa shape index (κ1) is 14.5. The molecule has 104 valence electrons. The van der Waals surface area contributed by atoms with Crippen molar-refractivity contribution in [1.82, 2.24) is 4.90 Å². The van der Waals surface area contributed by atoms with Gasteiger partial charge in [-0.1, -0.05) is 6.07 Å². The lowest BCUT2D eigenvalue weighted by Crippen LogP contribution is -2.37. The van der Waals surface area contributed by atoms with Crippen LogP contribution in [0.3, 0.4) is 0 Å². The van der Waals surface area contributed by atoms with Gasteiger partial charge in [-0.15, -0.1) is 11.3 Å². The Morgan fingerprint density at radius 1 is 1.50 bits per heavy atom. The van der Waals surface area contributed by atoms with Gasteiger partial charge in [0.1, 0.15) is 5.82 Å². The quantitative estimate of drug-likeness (QED) is 0.859. The summed E-state index contributed by atoms with van der Waals surface area (Å²) in [7, 11) is 0. The second-order valence-corrected chi connectivity index (χ2v) is 5.85. The first-order valence-electron chi connectivity index (χ1n) is 6.40. The molecular weight excluding hydrogens is 275 g/mol. The van der Waals surface area contributed by atoms with E-state index in [4.69, 9.17) is 5.26 Å². The highest BCUT2D eigenvalue weighted by Crippen LogP contribution is 2.28. The Balaban J connectivity index is 2.34. The lowest BCUT2D eigenvalue weighted by Gasteiger charge is -2.25. The van der Waals surface area contributed by atoms with E-state index in [9.17, 15) is 9.18 Å². The van der Waals surface area contributed by atoms with Crippen LogP contribution in [0.25, 0.3) is 10.1 Å². The zero-order chi connectivity index (χ0) is 14.7. The SMILES string of the molecule is CC(C)N(CCC#N)C(=O)c1cc2c(F)cccc2s1. The summed E-state index contributed by atoms with van der Waals surface area (Å²) in [4.78, 5) is 14.6. The van der Waals surface area contributed by atoms with Crippen molar-refractivity contribution in [2.45, 2.75) is 26.3 Å². The lowest BCUT2D eigenvalue weighted by molar-refractivity contribution is 0.0715. The van der Waals surface area contributed by atoms with Crippen molar-refractivity contribution >= 4 is 27.3 Å². The zero-order valence-electron chi connectivity index (χ0n) is 11.4. The van der Waals surface area contributed by atoms with Crippen molar-refractivity contribution in [3.63, 3.8) is 0 Å². The van der Waals surface area contributed by atoms with E-state index >= 15 is 0 Å². The smallest absolute Gasteiger partial charge is 0.264 e. The highest BCUT2D eigenvalue weighted by molar-refractivity contribution is 7.20. The van der Waals surface area contributed by atoms with Crippen LogP contribution in [0.15, 0.2) is 24.3 Å². The number of nitriles is 1. The number of halogens is 1. The predicted molar refractivity (Wildman–Crippen MR) is 78.2 cm³/mol. The third-order valence-electron chi connectivity index (χ3n) is 3.07. The van der Waals surface area contributed by atoms with Gasteiger partial charge in [0, 0.05) is 22.7 Å². The van der Waals surface area contributed by atoms with Crippen molar-refractivity contribution < 1.29 is 9.18 Å². The Hall–Kier alpha value is -1.93. The number of carbonyl (C=O) groups excluding carboxylic acids is 1. The fourth-order valence-electron chi connectivity index (χ4n) is 2.04. The molecule has 3 nitrogen and oxygen atoms in total. The molecule has 20 heavy (non-hydrogen) atoms. The summed E-state index contributed by atoms with van der Waals surface area (Å²) >= 11 is 1.28. The number of carbonyl (C=O) groups is 1. The largest absolute Gasteiger partial charge is 0.334 e. The van der Waals surface area contributed by atoms with Crippen LogP contribution in [0, 0.1) is 17.1 Å². The molecule has 1 amide bonds. The lowest BCUT2D eigenvalue weighted by atomic mass is 10.2. The molecular formula is C15H15FN2OS. The summed E-state index contributed by atoms with van der Waals surface area (Å²) in [6.45, 7) is 4.20. The molecule has 0 spiro atoms. The van der Waals surface area contributed by atoms with E-state index < -0.39 is 0 Å². The first-order valence-corrected chi connectivity index (χ1v) is 7.22. The second kappa shape index (κ2) is 6.02. The van der Waals surface area contributed by atoms with E-state index in [0.29, 0.717) is 23.2 Å². The molecule has 1 heterocycles. The fourth-order valence-corrected chi connectivity index (χ4v) is 3.07. The van der Waals surface area contributed by atoms with E-state index in [1.54, 1.807) is 23.1 Å². The number of nitrogens with zero attached hydrogens (tertiary/aromatic N) is 2. The van der Waals surface area contributed by atoms with E-state index in [0.717, 1.165) is 4.70 Å². The van der Waals surface area contributed by atoms with Gasteiger partial charge < -0.3 is 4.90 Å². The third kappa shape index (κ3) is 2.81. The molecule has 0 aliphatic heterocycles. The number of amides is 1. The minimum Gasteiger partial charge on any atom is -0.334 e. The summed E-state index contributed by atoms with van der Waals surface area (Å²) in [5.41, 5.74) is 0. The number of thiophene rings is 1. The molecule has 0 unspecified atom stereocenters. The fraction of sp³-hybridized carbons (Fsp3) is 0.333. The topological polar surface area (TPSA) is 44.1 Å². The van der Waals surface area contributed by atoms with E-state index in [1.165, 1.54) is 17.4 Å². The number of benzene rings is 1. The molecule has 2 aromatic rings. The Bertz CT molecular complexity index is 672.